The van der Waals surface area contributed by atoms with Crippen LogP contribution < -0.4 is 0 Å². The summed E-state index contributed by atoms with van der Waals surface area (Å²) in [6.45, 7) is 5.90. The quantitative estimate of drug-likeness (QED) is 0.435. The van der Waals surface area contributed by atoms with Crippen LogP contribution in [0.4, 0.5) is 0 Å². The molecule has 7 nitrogen and oxygen atoms in total. The molecule has 0 unspecified atom stereocenters. The van der Waals surface area contributed by atoms with Gasteiger partial charge in [-0.05, 0) is 23.5 Å². The Morgan fingerprint density at radius 1 is 1.37 bits per heavy atom. The van der Waals surface area contributed by atoms with Gasteiger partial charge in [-0.15, -0.1) is 0 Å². The molecule has 110 valence electrons. The summed E-state index contributed by atoms with van der Waals surface area (Å²) in [6, 6.07) is 0. The zero-order valence-corrected chi connectivity index (χ0v) is 11.8. The van der Waals surface area contributed by atoms with E-state index in [2.05, 4.69) is 10.5 Å². The lowest BCUT2D eigenvalue weighted by molar-refractivity contribution is -0.173. The molecule has 0 aromatic rings. The monoisotopic (exact) mass is 273 g/mol. The number of nitrogens with zero attached hydrogens (tertiary/aromatic N) is 3. The van der Waals surface area contributed by atoms with Gasteiger partial charge in [0.15, 0.2) is 0 Å². The molecule has 1 rings (SSSR count). The predicted octanol–water partition coefficient (Wildman–Crippen LogP) is 2.09. The third-order valence-corrected chi connectivity index (χ3v) is 3.04. The van der Waals surface area contributed by atoms with E-state index in [1.54, 1.807) is 0 Å². The van der Waals surface area contributed by atoms with Gasteiger partial charge < -0.3 is 20.3 Å². The maximum atomic E-state index is 11.4. The molecule has 1 aliphatic rings. The minimum Gasteiger partial charge on any atom is -0.740 e. The van der Waals surface area contributed by atoms with Crippen LogP contribution in [0, 0.1) is 10.6 Å². The van der Waals surface area contributed by atoms with Crippen molar-refractivity contribution in [2.24, 2.45) is 15.9 Å². The first-order chi connectivity index (χ1) is 8.75. The van der Waals surface area contributed by atoms with Gasteiger partial charge in [0.05, 0.1) is 0 Å². The molecular formula is C12H23N3O4. The van der Waals surface area contributed by atoms with Crippen molar-refractivity contribution in [1.29, 1.82) is 0 Å². The van der Waals surface area contributed by atoms with Crippen molar-refractivity contribution < 1.29 is 14.7 Å². The second-order valence-corrected chi connectivity index (χ2v) is 6.22. The van der Waals surface area contributed by atoms with Crippen LogP contribution in [0.25, 0.3) is 0 Å². The van der Waals surface area contributed by atoms with Gasteiger partial charge in [0.1, 0.15) is 0 Å². The Morgan fingerprint density at radius 3 is 2.42 bits per heavy atom. The van der Waals surface area contributed by atoms with Crippen LogP contribution in [0.2, 0.25) is 0 Å². The lowest BCUT2D eigenvalue weighted by atomic mass is 9.85. The first-order valence-corrected chi connectivity index (χ1v) is 6.55. The second-order valence-electron chi connectivity index (χ2n) is 6.22. The minimum atomic E-state index is -1.20. The van der Waals surface area contributed by atoms with E-state index in [0.29, 0.717) is 18.0 Å². The van der Waals surface area contributed by atoms with E-state index in [4.69, 9.17) is 9.94 Å². The molecule has 1 aliphatic carbocycles. The molecular weight excluding hydrogens is 250 g/mol. The van der Waals surface area contributed by atoms with Crippen LogP contribution in [0.15, 0.2) is 10.5 Å². The molecule has 7 heteroatoms. The van der Waals surface area contributed by atoms with Crippen LogP contribution in [0.1, 0.15) is 52.9 Å². The Kier molecular flexibility index (Phi) is 5.11. The molecule has 0 spiro atoms. The van der Waals surface area contributed by atoms with Gasteiger partial charge in [-0.3, -0.25) is 0 Å². The van der Waals surface area contributed by atoms with Crippen LogP contribution >= 0.6 is 0 Å². The molecule has 0 aromatic carbocycles. The van der Waals surface area contributed by atoms with E-state index in [1.807, 2.05) is 20.8 Å². The van der Waals surface area contributed by atoms with E-state index >= 15 is 0 Å². The summed E-state index contributed by atoms with van der Waals surface area (Å²) >= 11 is 0. The van der Waals surface area contributed by atoms with Crippen molar-refractivity contribution in [3.8, 4) is 0 Å². The highest BCUT2D eigenvalue weighted by Gasteiger charge is 2.49. The van der Waals surface area contributed by atoms with E-state index in [0.717, 1.165) is 19.3 Å². The normalized spacial score (nSPS) is 19.4. The largest absolute Gasteiger partial charge is 0.740 e. The third kappa shape index (κ3) is 5.02. The summed E-state index contributed by atoms with van der Waals surface area (Å²) in [5, 5.41) is 25.9. The number of hydroxylamine groups is 1. The Bertz CT molecular complexity index is 332. The second kappa shape index (κ2) is 6.18. The molecule has 0 amide bonds. The summed E-state index contributed by atoms with van der Waals surface area (Å²) in [7, 11) is 0. The number of carbonyl (C=O) groups excluding carboxylic acids is 1. The molecule has 1 fully saturated rings. The molecule has 0 aromatic heterocycles. The fourth-order valence-corrected chi connectivity index (χ4v) is 2.06. The molecule has 1 saturated carbocycles. The van der Waals surface area contributed by atoms with Crippen LogP contribution in [0.5, 0.6) is 0 Å². The Balaban J connectivity index is 2.54. The lowest BCUT2D eigenvalue weighted by Gasteiger charge is -2.31. The van der Waals surface area contributed by atoms with Crippen LogP contribution in [0.3, 0.4) is 0 Å². The fraction of sp³-hybridized carbons (Fsp3) is 0.917. The van der Waals surface area contributed by atoms with Gasteiger partial charge in [0, 0.05) is 29.5 Å². The maximum Gasteiger partial charge on any atom is 0.563 e. The molecule has 2 N–H and O–H groups in total. The van der Waals surface area contributed by atoms with Gasteiger partial charge in [-0.2, -0.15) is 0 Å². The molecule has 0 radical (unpaired) electrons. The average molecular weight is 273 g/mol. The Labute approximate surface area is 113 Å². The van der Waals surface area contributed by atoms with Crippen molar-refractivity contribution in [3.63, 3.8) is 0 Å². The van der Waals surface area contributed by atoms with E-state index in [9.17, 15) is 10.0 Å². The first-order valence-electron chi connectivity index (χ1n) is 6.55. The zero-order chi connectivity index (χ0) is 14.5. The highest BCUT2D eigenvalue weighted by molar-refractivity contribution is 5.77. The van der Waals surface area contributed by atoms with Gasteiger partial charge in [0.2, 0.25) is 0 Å². The Morgan fingerprint density at radius 2 is 1.95 bits per heavy atom. The smallest absolute Gasteiger partial charge is 0.563 e. The summed E-state index contributed by atoms with van der Waals surface area (Å²) < 4.78 is 0. The van der Waals surface area contributed by atoms with Crippen molar-refractivity contribution in [2.45, 2.75) is 58.5 Å². The highest BCUT2D eigenvalue weighted by atomic mass is 16.7. The Hall–Kier alpha value is -1.37. The van der Waals surface area contributed by atoms with Crippen LogP contribution in [-0.2, 0) is 9.63 Å². The molecule has 0 heterocycles. The zero-order valence-electron chi connectivity index (χ0n) is 11.8. The average Bonchev–Trinajstić information content (AvgIpc) is 2.27. The van der Waals surface area contributed by atoms with Crippen LogP contribution in [-0.4, -0.2) is 28.4 Å². The fourth-order valence-electron chi connectivity index (χ4n) is 2.06. The number of rotatable bonds is 5. The summed E-state index contributed by atoms with van der Waals surface area (Å²) in [5.74, 6) is -0.792. The number of hydrogen-bond donors (Lipinski definition) is 0. The molecule has 0 saturated heterocycles. The van der Waals surface area contributed by atoms with E-state index < -0.39 is 11.6 Å². The van der Waals surface area contributed by atoms with Crippen molar-refractivity contribution >= 4 is 5.97 Å². The molecule has 19 heavy (non-hydrogen) atoms. The standard InChI is InChI=1S/C12H22N3O4/c1-11(2,3)9-15(18)13-14-19-12(10(16)17)7-5-4-6-8-12/h4-9H2,1-3H3,(H,16,17)/q-1/p+1/b14-13+. The summed E-state index contributed by atoms with van der Waals surface area (Å²) in [6.07, 6.45) is 3.60. The SMILES string of the molecule is CC(C)(C)CN([O-])/N=N/OC1(C(=O)[OH2+])CCCCC1. The number of hydrogen-bond acceptors (Lipinski definition) is 5. The minimum absolute atomic E-state index is 0.182. The lowest BCUT2D eigenvalue weighted by Crippen LogP contribution is -2.42. The maximum absolute atomic E-state index is 11.4. The van der Waals surface area contributed by atoms with Gasteiger partial charge in [-0.1, -0.05) is 27.2 Å². The highest BCUT2D eigenvalue weighted by Crippen LogP contribution is 2.32. The summed E-state index contributed by atoms with van der Waals surface area (Å²) in [4.78, 5) is 16.5. The van der Waals surface area contributed by atoms with Gasteiger partial charge in [-0.25, -0.2) is 0 Å². The molecule has 0 aliphatic heterocycles. The van der Waals surface area contributed by atoms with Gasteiger partial charge >= 0.3 is 5.97 Å². The molecule has 0 bridgehead atoms. The third-order valence-electron chi connectivity index (χ3n) is 3.04. The predicted molar refractivity (Wildman–Crippen MR) is 69.9 cm³/mol. The van der Waals surface area contributed by atoms with Crippen molar-refractivity contribution in [2.75, 3.05) is 6.54 Å². The molecule has 0 atom stereocenters. The topological polar surface area (TPSA) is 100 Å². The first kappa shape index (κ1) is 15.7. The van der Waals surface area contributed by atoms with Crippen molar-refractivity contribution in [1.82, 2.24) is 5.17 Å². The van der Waals surface area contributed by atoms with E-state index in [-0.39, 0.29) is 12.0 Å². The summed E-state index contributed by atoms with van der Waals surface area (Å²) in [5.41, 5.74) is -1.40. The van der Waals surface area contributed by atoms with E-state index in [1.165, 1.54) is 0 Å². The number of carbonyl (C=O) groups is 1. The van der Waals surface area contributed by atoms with Crippen molar-refractivity contribution in [3.05, 3.63) is 5.21 Å². The van der Waals surface area contributed by atoms with Gasteiger partial charge in [0.25, 0.3) is 5.60 Å².